The number of hydrogen-bond donors (Lipinski definition) is 2. The summed E-state index contributed by atoms with van der Waals surface area (Å²) in [6, 6.07) is 7.82. The number of phenols is 1. The van der Waals surface area contributed by atoms with Gasteiger partial charge in [-0.2, -0.15) is 0 Å². The Hall–Kier alpha value is -1.32. The fourth-order valence-electron chi connectivity index (χ4n) is 1.75. The van der Waals surface area contributed by atoms with Crippen molar-refractivity contribution in [3.63, 3.8) is 0 Å². The predicted octanol–water partition coefficient (Wildman–Crippen LogP) is 3.36. The summed E-state index contributed by atoms with van der Waals surface area (Å²) in [5.41, 5.74) is 3.46. The summed E-state index contributed by atoms with van der Waals surface area (Å²) in [6.45, 7) is 5.71. The lowest BCUT2D eigenvalue weighted by molar-refractivity contribution is 0.464. The van der Waals surface area contributed by atoms with Gasteiger partial charge >= 0.3 is 0 Å². The lowest BCUT2D eigenvalue weighted by atomic mass is 10.1. The van der Waals surface area contributed by atoms with E-state index in [4.69, 9.17) is 0 Å². The maximum atomic E-state index is 9.71. The molecule has 90 valence electrons. The summed E-state index contributed by atoms with van der Waals surface area (Å²) >= 11 is 1.77. The number of thiophene rings is 1. The molecule has 0 spiro atoms. The lowest BCUT2D eigenvalue weighted by Crippen LogP contribution is -2.12. The third-order valence-corrected chi connectivity index (χ3v) is 3.83. The van der Waals surface area contributed by atoms with Gasteiger partial charge in [-0.15, -0.1) is 11.3 Å². The van der Waals surface area contributed by atoms with Crippen molar-refractivity contribution in [2.24, 2.45) is 0 Å². The number of benzene rings is 1. The fourth-order valence-corrected chi connectivity index (χ4v) is 2.63. The van der Waals surface area contributed by atoms with Gasteiger partial charge in [0.2, 0.25) is 0 Å². The highest BCUT2D eigenvalue weighted by atomic mass is 32.1. The molecule has 17 heavy (non-hydrogen) atoms. The molecule has 0 saturated heterocycles. The second kappa shape index (κ2) is 5.34. The molecule has 0 amide bonds. The minimum absolute atomic E-state index is 0.367. The van der Waals surface area contributed by atoms with Gasteiger partial charge in [-0.3, -0.25) is 0 Å². The maximum Gasteiger partial charge on any atom is 0.120 e. The number of phenolic OH excluding ortho intramolecular Hbond substituents is 1. The molecular formula is C14H17NOS. The standard InChI is InChI=1S/C14H17NOS/c1-10-3-4-13(16)12(7-10)8-15-9-14-11(2)5-6-17-14/h3-7,15-16H,8-9H2,1-2H3. The van der Waals surface area contributed by atoms with Crippen molar-refractivity contribution in [1.29, 1.82) is 0 Å². The molecule has 2 N–H and O–H groups in total. The monoisotopic (exact) mass is 247 g/mol. The van der Waals surface area contributed by atoms with E-state index in [2.05, 4.69) is 23.7 Å². The van der Waals surface area contributed by atoms with Crippen molar-refractivity contribution in [2.75, 3.05) is 0 Å². The molecule has 2 rings (SSSR count). The first-order chi connectivity index (χ1) is 8.16. The van der Waals surface area contributed by atoms with E-state index >= 15 is 0 Å². The Bertz CT molecular complexity index is 505. The zero-order valence-corrected chi connectivity index (χ0v) is 11.0. The molecule has 0 atom stereocenters. The van der Waals surface area contributed by atoms with Crippen molar-refractivity contribution in [2.45, 2.75) is 26.9 Å². The van der Waals surface area contributed by atoms with E-state index in [-0.39, 0.29) is 0 Å². The molecule has 2 nitrogen and oxygen atoms in total. The third-order valence-electron chi connectivity index (χ3n) is 2.80. The number of hydrogen-bond acceptors (Lipinski definition) is 3. The van der Waals surface area contributed by atoms with E-state index < -0.39 is 0 Å². The summed E-state index contributed by atoms with van der Waals surface area (Å²) in [6.07, 6.45) is 0. The second-order valence-corrected chi connectivity index (χ2v) is 5.26. The highest BCUT2D eigenvalue weighted by molar-refractivity contribution is 7.10. The van der Waals surface area contributed by atoms with E-state index in [1.165, 1.54) is 16.0 Å². The quantitative estimate of drug-likeness (QED) is 0.868. The van der Waals surface area contributed by atoms with Crippen LogP contribution in [0, 0.1) is 13.8 Å². The van der Waals surface area contributed by atoms with Crippen LogP contribution in [0.3, 0.4) is 0 Å². The zero-order chi connectivity index (χ0) is 12.3. The third kappa shape index (κ3) is 3.08. The number of aromatic hydroxyl groups is 1. The minimum Gasteiger partial charge on any atom is -0.508 e. The molecule has 1 heterocycles. The largest absolute Gasteiger partial charge is 0.508 e. The molecule has 2 aromatic rings. The van der Waals surface area contributed by atoms with Crippen LogP contribution < -0.4 is 5.32 Å². The van der Waals surface area contributed by atoms with Crippen LogP contribution >= 0.6 is 11.3 Å². The van der Waals surface area contributed by atoms with Gasteiger partial charge in [-0.25, -0.2) is 0 Å². The van der Waals surface area contributed by atoms with Crippen LogP contribution in [0.4, 0.5) is 0 Å². The number of aryl methyl sites for hydroxylation is 2. The van der Waals surface area contributed by atoms with Crippen LogP contribution in [0.5, 0.6) is 5.75 Å². The molecule has 0 aliphatic carbocycles. The lowest BCUT2D eigenvalue weighted by Gasteiger charge is -2.07. The first kappa shape index (κ1) is 12.1. The molecule has 0 unspecified atom stereocenters. The fraction of sp³-hybridized carbons (Fsp3) is 0.286. The summed E-state index contributed by atoms with van der Waals surface area (Å²) in [5, 5.41) is 15.2. The predicted molar refractivity (Wildman–Crippen MR) is 72.4 cm³/mol. The Morgan fingerprint density at radius 3 is 2.71 bits per heavy atom. The Balaban J connectivity index is 1.94. The van der Waals surface area contributed by atoms with E-state index in [9.17, 15) is 5.11 Å². The van der Waals surface area contributed by atoms with E-state index in [0.717, 1.165) is 12.1 Å². The summed E-state index contributed by atoms with van der Waals surface area (Å²) in [4.78, 5) is 1.36. The Labute approximate surface area is 106 Å². The molecule has 3 heteroatoms. The minimum atomic E-state index is 0.367. The molecule has 0 bridgehead atoms. The van der Waals surface area contributed by atoms with Crippen LogP contribution in [0.25, 0.3) is 0 Å². The van der Waals surface area contributed by atoms with Crippen molar-refractivity contribution in [1.82, 2.24) is 5.32 Å². The Morgan fingerprint density at radius 1 is 1.18 bits per heavy atom. The van der Waals surface area contributed by atoms with E-state index in [1.807, 2.05) is 19.1 Å². The zero-order valence-electron chi connectivity index (χ0n) is 10.2. The van der Waals surface area contributed by atoms with Gasteiger partial charge in [0, 0.05) is 23.5 Å². The van der Waals surface area contributed by atoms with Gasteiger partial charge in [0.1, 0.15) is 5.75 Å². The van der Waals surface area contributed by atoms with Crippen molar-refractivity contribution in [3.05, 3.63) is 51.2 Å². The van der Waals surface area contributed by atoms with Gasteiger partial charge in [0.05, 0.1) is 0 Å². The molecule has 0 saturated carbocycles. The van der Waals surface area contributed by atoms with Gasteiger partial charge < -0.3 is 10.4 Å². The molecular weight excluding hydrogens is 230 g/mol. The second-order valence-electron chi connectivity index (χ2n) is 4.26. The average molecular weight is 247 g/mol. The van der Waals surface area contributed by atoms with Crippen LogP contribution in [0.15, 0.2) is 29.6 Å². The molecule has 0 aliphatic heterocycles. The summed E-state index contributed by atoms with van der Waals surface area (Å²) in [5.74, 6) is 0.367. The summed E-state index contributed by atoms with van der Waals surface area (Å²) in [7, 11) is 0. The number of nitrogens with one attached hydrogen (secondary N) is 1. The van der Waals surface area contributed by atoms with Crippen molar-refractivity contribution < 1.29 is 5.11 Å². The molecule has 0 aliphatic rings. The molecule has 0 radical (unpaired) electrons. The average Bonchev–Trinajstić information content (AvgIpc) is 2.70. The Kier molecular flexibility index (Phi) is 3.82. The van der Waals surface area contributed by atoms with E-state index in [1.54, 1.807) is 17.4 Å². The normalized spacial score (nSPS) is 10.7. The van der Waals surface area contributed by atoms with Crippen molar-refractivity contribution in [3.8, 4) is 5.75 Å². The maximum absolute atomic E-state index is 9.71. The first-order valence-corrected chi connectivity index (χ1v) is 6.57. The van der Waals surface area contributed by atoms with Crippen LogP contribution in [0.1, 0.15) is 21.6 Å². The van der Waals surface area contributed by atoms with Gasteiger partial charge in [0.15, 0.2) is 0 Å². The highest BCUT2D eigenvalue weighted by Crippen LogP contribution is 2.19. The molecule has 0 fully saturated rings. The van der Waals surface area contributed by atoms with E-state index in [0.29, 0.717) is 12.3 Å². The van der Waals surface area contributed by atoms with Crippen LogP contribution in [-0.2, 0) is 13.1 Å². The smallest absolute Gasteiger partial charge is 0.120 e. The highest BCUT2D eigenvalue weighted by Gasteiger charge is 2.02. The van der Waals surface area contributed by atoms with Gasteiger partial charge in [0.25, 0.3) is 0 Å². The van der Waals surface area contributed by atoms with Crippen LogP contribution in [-0.4, -0.2) is 5.11 Å². The SMILES string of the molecule is Cc1ccc(O)c(CNCc2sccc2C)c1. The number of rotatable bonds is 4. The summed E-state index contributed by atoms with van der Waals surface area (Å²) < 4.78 is 0. The Morgan fingerprint density at radius 2 is 2.00 bits per heavy atom. The molecule has 1 aromatic carbocycles. The van der Waals surface area contributed by atoms with Crippen molar-refractivity contribution >= 4 is 11.3 Å². The van der Waals surface area contributed by atoms with Gasteiger partial charge in [-0.05, 0) is 36.9 Å². The van der Waals surface area contributed by atoms with Crippen LogP contribution in [0.2, 0.25) is 0 Å². The topological polar surface area (TPSA) is 32.3 Å². The van der Waals surface area contributed by atoms with Gasteiger partial charge in [-0.1, -0.05) is 17.7 Å². The first-order valence-electron chi connectivity index (χ1n) is 5.69. The molecule has 1 aromatic heterocycles.